The third-order valence-electron chi connectivity index (χ3n) is 6.78. The number of alkyl halides is 3. The Balaban J connectivity index is 1.28. The maximum Gasteiger partial charge on any atom is 0.417 e. The van der Waals surface area contributed by atoms with Gasteiger partial charge in [-0.05, 0) is 56.0 Å². The lowest BCUT2D eigenvalue weighted by atomic mass is 9.89. The summed E-state index contributed by atoms with van der Waals surface area (Å²) in [4.78, 5) is 28.9. The van der Waals surface area contributed by atoms with E-state index in [4.69, 9.17) is 0 Å². The number of nitrogens with one attached hydrogen (secondary N) is 1. The number of carbonyl (C=O) groups excluding carboxylic acids is 2. The fourth-order valence-corrected chi connectivity index (χ4v) is 4.94. The lowest BCUT2D eigenvalue weighted by molar-refractivity contribution is -0.138. The number of hydrogen-bond donors (Lipinski definition) is 1. The Morgan fingerprint density at radius 2 is 1.65 bits per heavy atom. The first kappa shape index (κ1) is 24.2. The number of hydrogen-bond acceptors (Lipinski definition) is 3. The molecule has 0 bridgehead atoms. The van der Waals surface area contributed by atoms with E-state index in [9.17, 15) is 27.2 Å². The lowest BCUT2D eigenvalue weighted by Crippen LogP contribution is -2.44. The van der Waals surface area contributed by atoms with Crippen molar-refractivity contribution in [1.29, 1.82) is 0 Å². The second kappa shape index (κ2) is 10.1. The number of halogens is 4. The number of rotatable bonds is 5. The van der Waals surface area contributed by atoms with Crippen molar-refractivity contribution >= 4 is 11.8 Å². The van der Waals surface area contributed by atoms with Gasteiger partial charge in [0.1, 0.15) is 5.82 Å². The van der Waals surface area contributed by atoms with E-state index < -0.39 is 35.6 Å². The molecule has 1 N–H and O–H groups in total. The van der Waals surface area contributed by atoms with Crippen molar-refractivity contribution < 1.29 is 27.2 Å². The SMILES string of the molecule is O=C(NCC(=O)N1CCC(N2CCC(c3ccccc3)CC2)C1)c1c(F)cccc1C(F)(F)F. The molecule has 2 amide bonds. The van der Waals surface area contributed by atoms with Gasteiger partial charge in [-0.15, -0.1) is 0 Å². The number of likely N-dealkylation sites (tertiary alicyclic amines) is 2. The molecule has 2 saturated heterocycles. The van der Waals surface area contributed by atoms with Crippen LogP contribution in [0.5, 0.6) is 0 Å². The molecule has 9 heteroatoms. The zero-order chi connectivity index (χ0) is 24.3. The predicted octanol–water partition coefficient (Wildman–Crippen LogP) is 4.05. The summed E-state index contributed by atoms with van der Waals surface area (Å²) in [6, 6.07) is 13.0. The van der Waals surface area contributed by atoms with Gasteiger partial charge in [0.25, 0.3) is 5.91 Å². The molecule has 0 spiro atoms. The van der Waals surface area contributed by atoms with Gasteiger partial charge >= 0.3 is 6.18 Å². The van der Waals surface area contributed by atoms with Gasteiger partial charge in [-0.1, -0.05) is 36.4 Å². The van der Waals surface area contributed by atoms with Crippen molar-refractivity contribution in [2.75, 3.05) is 32.7 Å². The second-order valence-corrected chi connectivity index (χ2v) is 8.85. The van der Waals surface area contributed by atoms with E-state index >= 15 is 0 Å². The molecule has 4 rings (SSSR count). The minimum absolute atomic E-state index is 0.222. The van der Waals surface area contributed by atoms with Crippen LogP contribution in [-0.2, 0) is 11.0 Å². The number of benzene rings is 2. The lowest BCUT2D eigenvalue weighted by Gasteiger charge is -2.36. The van der Waals surface area contributed by atoms with E-state index in [1.54, 1.807) is 4.90 Å². The molecule has 0 saturated carbocycles. The number of amides is 2. The van der Waals surface area contributed by atoms with Gasteiger partial charge in [-0.25, -0.2) is 4.39 Å². The molecule has 2 aromatic rings. The predicted molar refractivity (Wildman–Crippen MR) is 119 cm³/mol. The van der Waals surface area contributed by atoms with E-state index in [1.807, 2.05) is 6.07 Å². The van der Waals surface area contributed by atoms with Gasteiger partial charge in [-0.3, -0.25) is 14.5 Å². The molecular weight excluding hydrogens is 450 g/mol. The van der Waals surface area contributed by atoms with E-state index in [0.717, 1.165) is 44.5 Å². The van der Waals surface area contributed by atoms with E-state index in [-0.39, 0.29) is 11.9 Å². The Bertz CT molecular complexity index is 1020. The Labute approximate surface area is 195 Å². The van der Waals surface area contributed by atoms with Gasteiger partial charge in [0.15, 0.2) is 0 Å². The van der Waals surface area contributed by atoms with Crippen LogP contribution in [-0.4, -0.2) is 60.4 Å². The molecule has 0 radical (unpaired) electrons. The van der Waals surface area contributed by atoms with Crippen LogP contribution in [0.2, 0.25) is 0 Å². The monoisotopic (exact) mass is 477 g/mol. The highest BCUT2D eigenvalue weighted by Gasteiger charge is 2.37. The highest BCUT2D eigenvalue weighted by molar-refractivity contribution is 5.98. The number of nitrogens with zero attached hydrogens (tertiary/aromatic N) is 2. The molecule has 2 aliphatic heterocycles. The Morgan fingerprint density at radius 3 is 2.32 bits per heavy atom. The molecule has 2 aromatic carbocycles. The van der Waals surface area contributed by atoms with Crippen molar-refractivity contribution in [3.8, 4) is 0 Å². The average molecular weight is 478 g/mol. The fraction of sp³-hybridized carbons (Fsp3) is 0.440. The third kappa shape index (κ3) is 5.41. The van der Waals surface area contributed by atoms with Crippen molar-refractivity contribution in [1.82, 2.24) is 15.1 Å². The van der Waals surface area contributed by atoms with E-state index in [0.29, 0.717) is 25.1 Å². The summed E-state index contributed by atoms with van der Waals surface area (Å²) in [6.07, 6.45) is -1.97. The highest BCUT2D eigenvalue weighted by atomic mass is 19.4. The van der Waals surface area contributed by atoms with Crippen molar-refractivity contribution in [3.63, 3.8) is 0 Å². The molecule has 0 aliphatic carbocycles. The first-order chi connectivity index (χ1) is 16.2. The van der Waals surface area contributed by atoms with Crippen LogP contribution in [0.1, 0.15) is 46.7 Å². The molecule has 2 aliphatic rings. The summed E-state index contributed by atoms with van der Waals surface area (Å²) in [7, 11) is 0. The maximum absolute atomic E-state index is 14.0. The molecule has 34 heavy (non-hydrogen) atoms. The van der Waals surface area contributed by atoms with Crippen LogP contribution in [0, 0.1) is 5.82 Å². The van der Waals surface area contributed by atoms with Gasteiger partial charge in [0.05, 0.1) is 17.7 Å². The van der Waals surface area contributed by atoms with Gasteiger partial charge in [0, 0.05) is 19.1 Å². The van der Waals surface area contributed by atoms with Gasteiger partial charge in [-0.2, -0.15) is 13.2 Å². The summed E-state index contributed by atoms with van der Waals surface area (Å²) >= 11 is 0. The summed E-state index contributed by atoms with van der Waals surface area (Å²) in [5, 5.41) is 2.16. The van der Waals surface area contributed by atoms with Gasteiger partial charge in [0.2, 0.25) is 5.91 Å². The highest BCUT2D eigenvalue weighted by Crippen LogP contribution is 2.33. The quantitative estimate of drug-likeness (QED) is 0.661. The zero-order valence-corrected chi connectivity index (χ0v) is 18.7. The summed E-state index contributed by atoms with van der Waals surface area (Å²) in [5.41, 5.74) is -1.11. The zero-order valence-electron chi connectivity index (χ0n) is 18.7. The first-order valence-electron chi connectivity index (χ1n) is 11.4. The molecular formula is C25H27F4N3O2. The summed E-state index contributed by atoms with van der Waals surface area (Å²) < 4.78 is 53.4. The number of carbonyl (C=O) groups is 2. The molecule has 5 nitrogen and oxygen atoms in total. The standard InChI is InChI=1S/C25H27F4N3O2/c26-21-8-4-7-20(25(27,28)29)23(21)24(34)30-15-22(33)32-14-11-19(16-32)31-12-9-18(10-13-31)17-5-2-1-3-6-17/h1-8,18-19H,9-16H2,(H,30,34). The average Bonchev–Trinajstić information content (AvgIpc) is 3.33. The van der Waals surface area contributed by atoms with Crippen LogP contribution in [0.15, 0.2) is 48.5 Å². The molecule has 1 unspecified atom stereocenters. The van der Waals surface area contributed by atoms with Gasteiger partial charge < -0.3 is 10.2 Å². The van der Waals surface area contributed by atoms with Crippen LogP contribution in [0.4, 0.5) is 17.6 Å². The second-order valence-electron chi connectivity index (χ2n) is 8.85. The van der Waals surface area contributed by atoms with Crippen molar-refractivity contribution in [2.45, 2.75) is 37.4 Å². The van der Waals surface area contributed by atoms with Crippen molar-refractivity contribution in [2.24, 2.45) is 0 Å². The first-order valence-corrected chi connectivity index (χ1v) is 11.4. The molecule has 2 fully saturated rings. The topological polar surface area (TPSA) is 52.7 Å². The van der Waals surface area contributed by atoms with E-state index in [1.165, 1.54) is 5.56 Å². The fourth-order valence-electron chi connectivity index (χ4n) is 4.94. The molecule has 1 atom stereocenters. The number of piperidine rings is 1. The van der Waals surface area contributed by atoms with Crippen molar-refractivity contribution in [3.05, 3.63) is 71.0 Å². The molecule has 0 aromatic heterocycles. The van der Waals surface area contributed by atoms with Crippen LogP contribution in [0.25, 0.3) is 0 Å². The van der Waals surface area contributed by atoms with Crippen LogP contribution < -0.4 is 5.32 Å². The van der Waals surface area contributed by atoms with Crippen LogP contribution >= 0.6 is 0 Å². The van der Waals surface area contributed by atoms with Crippen LogP contribution in [0.3, 0.4) is 0 Å². The smallest absolute Gasteiger partial charge is 0.343 e. The minimum Gasteiger partial charge on any atom is -0.343 e. The normalized spacial score (nSPS) is 19.9. The summed E-state index contributed by atoms with van der Waals surface area (Å²) in [6.45, 7) is 2.43. The Hall–Kier alpha value is -2.94. The Kier molecular flexibility index (Phi) is 7.21. The summed E-state index contributed by atoms with van der Waals surface area (Å²) in [5.74, 6) is -2.39. The third-order valence-corrected chi connectivity index (χ3v) is 6.78. The Morgan fingerprint density at radius 1 is 0.941 bits per heavy atom. The largest absolute Gasteiger partial charge is 0.417 e. The molecule has 2 heterocycles. The maximum atomic E-state index is 14.0. The molecule has 182 valence electrons. The minimum atomic E-state index is -4.88. The van der Waals surface area contributed by atoms with E-state index in [2.05, 4.69) is 34.5 Å².